The fraction of sp³-hybridized carbons (Fsp3) is 0.500. The number of aryl methyl sites for hydroxylation is 1. The van der Waals surface area contributed by atoms with Crippen molar-refractivity contribution >= 4 is 21.6 Å². The quantitative estimate of drug-likeness (QED) is 0.755. The van der Waals surface area contributed by atoms with Gasteiger partial charge in [0.1, 0.15) is 27.0 Å². The Hall–Kier alpha value is -1.70. The number of hydrogen-bond donors (Lipinski definition) is 1. The van der Waals surface area contributed by atoms with Gasteiger partial charge in [0.05, 0.1) is 12.9 Å². The normalized spacial score (nSPS) is 11.1. The highest BCUT2D eigenvalue weighted by Gasteiger charge is 2.14. The summed E-state index contributed by atoms with van der Waals surface area (Å²) in [6, 6.07) is 0. The van der Waals surface area contributed by atoms with E-state index >= 15 is 0 Å². The molecule has 0 aliphatic rings. The van der Waals surface area contributed by atoms with E-state index in [9.17, 15) is 13.2 Å². The van der Waals surface area contributed by atoms with Gasteiger partial charge in [-0.15, -0.1) is 0 Å². The lowest BCUT2D eigenvalue weighted by atomic mass is 10.3. The molecule has 0 aliphatic heterocycles. The van der Waals surface area contributed by atoms with Crippen LogP contribution in [0.2, 0.25) is 0 Å². The van der Waals surface area contributed by atoms with Gasteiger partial charge < -0.3 is 10.1 Å². The fourth-order valence-electron chi connectivity index (χ4n) is 1.22. The van der Waals surface area contributed by atoms with Gasteiger partial charge in [0, 0.05) is 19.0 Å². The summed E-state index contributed by atoms with van der Waals surface area (Å²) in [5.41, 5.74) is 0.177. The van der Waals surface area contributed by atoms with E-state index in [0.29, 0.717) is 5.82 Å². The summed E-state index contributed by atoms with van der Waals surface area (Å²) >= 11 is 0. The summed E-state index contributed by atoms with van der Waals surface area (Å²) in [5.74, 6) is 0.135. The molecule has 1 aromatic rings. The lowest BCUT2D eigenvalue weighted by molar-refractivity contribution is 0.0601. The first-order valence-corrected chi connectivity index (χ1v) is 7.23. The molecular formula is C10H15N3O4S. The highest BCUT2D eigenvalue weighted by molar-refractivity contribution is 7.90. The van der Waals surface area contributed by atoms with Crippen LogP contribution >= 0.6 is 0 Å². The van der Waals surface area contributed by atoms with Crippen molar-refractivity contribution in [3.8, 4) is 0 Å². The molecule has 0 aliphatic carbocycles. The van der Waals surface area contributed by atoms with Crippen molar-refractivity contribution in [2.75, 3.05) is 31.0 Å². The maximum atomic E-state index is 11.4. The lowest BCUT2D eigenvalue weighted by Crippen LogP contribution is -2.18. The number of sulfone groups is 1. The van der Waals surface area contributed by atoms with Gasteiger partial charge in [-0.3, -0.25) is 0 Å². The van der Waals surface area contributed by atoms with E-state index in [1.807, 2.05) is 0 Å². The second-order valence-corrected chi connectivity index (χ2v) is 5.99. The maximum Gasteiger partial charge on any atom is 0.343 e. The van der Waals surface area contributed by atoms with Gasteiger partial charge >= 0.3 is 5.97 Å². The topological polar surface area (TPSA) is 98.2 Å². The first-order valence-electron chi connectivity index (χ1n) is 5.17. The molecule has 18 heavy (non-hydrogen) atoms. The number of esters is 1. The third kappa shape index (κ3) is 4.28. The third-order valence-corrected chi connectivity index (χ3v) is 3.03. The minimum Gasteiger partial charge on any atom is -0.465 e. The minimum atomic E-state index is -3.07. The molecule has 0 spiro atoms. The number of hydrogen-bond acceptors (Lipinski definition) is 7. The molecule has 0 unspecified atom stereocenters. The molecule has 1 aromatic heterocycles. The summed E-state index contributed by atoms with van der Waals surface area (Å²) in [4.78, 5) is 19.4. The van der Waals surface area contributed by atoms with Crippen LogP contribution in [0.15, 0.2) is 6.20 Å². The van der Waals surface area contributed by atoms with Crippen molar-refractivity contribution in [2.45, 2.75) is 6.92 Å². The van der Waals surface area contributed by atoms with Gasteiger partial charge in [0.15, 0.2) is 0 Å². The van der Waals surface area contributed by atoms with Gasteiger partial charge in [0.2, 0.25) is 0 Å². The van der Waals surface area contributed by atoms with Crippen molar-refractivity contribution in [2.24, 2.45) is 0 Å². The monoisotopic (exact) mass is 273 g/mol. The second-order valence-electron chi connectivity index (χ2n) is 3.73. The highest BCUT2D eigenvalue weighted by Crippen LogP contribution is 2.12. The van der Waals surface area contributed by atoms with Crippen LogP contribution in [0.3, 0.4) is 0 Å². The van der Waals surface area contributed by atoms with Crippen LogP contribution in [-0.4, -0.2) is 50.0 Å². The number of nitrogens with zero attached hydrogens (tertiary/aromatic N) is 2. The van der Waals surface area contributed by atoms with Crippen LogP contribution < -0.4 is 5.32 Å². The van der Waals surface area contributed by atoms with Crippen LogP contribution in [0.4, 0.5) is 5.82 Å². The zero-order valence-electron chi connectivity index (χ0n) is 10.4. The zero-order chi connectivity index (χ0) is 13.8. The predicted octanol–water partition coefficient (Wildman–Crippen LogP) is 0.0281. The second kappa shape index (κ2) is 5.76. The van der Waals surface area contributed by atoms with Crippen molar-refractivity contribution in [1.29, 1.82) is 0 Å². The number of aromatic nitrogens is 2. The molecule has 8 heteroatoms. The Bertz CT molecular complexity index is 542. The molecule has 1 heterocycles. The molecule has 0 fully saturated rings. The number of anilines is 1. The minimum absolute atomic E-state index is 0.0450. The van der Waals surface area contributed by atoms with Crippen molar-refractivity contribution in [3.05, 3.63) is 17.6 Å². The van der Waals surface area contributed by atoms with Crippen LogP contribution in [0, 0.1) is 6.92 Å². The number of carbonyl (C=O) groups excluding carboxylic acids is 1. The van der Waals surface area contributed by atoms with E-state index in [1.54, 1.807) is 6.92 Å². The Morgan fingerprint density at radius 2 is 2.17 bits per heavy atom. The molecule has 100 valence electrons. The number of methoxy groups -OCH3 is 1. The Morgan fingerprint density at radius 1 is 1.50 bits per heavy atom. The SMILES string of the molecule is COC(=O)c1cnc(C)nc1NCCS(C)(=O)=O. The number of carbonyl (C=O) groups is 1. The molecule has 0 saturated carbocycles. The maximum absolute atomic E-state index is 11.4. The molecule has 7 nitrogen and oxygen atoms in total. The first kappa shape index (κ1) is 14.4. The first-order chi connectivity index (χ1) is 8.33. The van der Waals surface area contributed by atoms with Crippen molar-refractivity contribution in [3.63, 3.8) is 0 Å². The standard InChI is InChI=1S/C10H15N3O4S/c1-7-12-6-8(10(14)17-2)9(13-7)11-4-5-18(3,15)16/h6H,4-5H2,1-3H3,(H,11,12,13). The predicted molar refractivity (Wildman–Crippen MR) is 66.3 cm³/mol. The molecule has 0 bridgehead atoms. The lowest BCUT2D eigenvalue weighted by Gasteiger charge is -2.09. The van der Waals surface area contributed by atoms with E-state index in [0.717, 1.165) is 6.26 Å². The molecule has 0 amide bonds. The number of rotatable bonds is 5. The third-order valence-electron chi connectivity index (χ3n) is 2.08. The van der Waals surface area contributed by atoms with Gasteiger partial charge in [0.25, 0.3) is 0 Å². The van der Waals surface area contributed by atoms with Crippen LogP contribution in [0.1, 0.15) is 16.2 Å². The average Bonchev–Trinajstić information content (AvgIpc) is 2.26. The van der Waals surface area contributed by atoms with Gasteiger partial charge in [-0.1, -0.05) is 0 Å². The summed E-state index contributed by atoms with van der Waals surface area (Å²) < 4.78 is 26.6. The molecule has 0 atom stereocenters. The Labute approximate surface area is 106 Å². The number of ether oxygens (including phenoxy) is 1. The van der Waals surface area contributed by atoms with Crippen LogP contribution in [-0.2, 0) is 14.6 Å². The summed E-state index contributed by atoms with van der Waals surface area (Å²) in [6.07, 6.45) is 2.48. The zero-order valence-corrected chi connectivity index (χ0v) is 11.2. The Balaban J connectivity index is 2.86. The van der Waals surface area contributed by atoms with E-state index in [1.165, 1.54) is 13.3 Å². The average molecular weight is 273 g/mol. The van der Waals surface area contributed by atoms with Crippen molar-refractivity contribution in [1.82, 2.24) is 9.97 Å². The number of nitrogens with one attached hydrogen (secondary N) is 1. The van der Waals surface area contributed by atoms with Crippen molar-refractivity contribution < 1.29 is 17.9 Å². The molecule has 1 rings (SSSR count). The van der Waals surface area contributed by atoms with E-state index < -0.39 is 15.8 Å². The van der Waals surface area contributed by atoms with Crippen LogP contribution in [0.5, 0.6) is 0 Å². The molecule has 0 radical (unpaired) electrons. The summed E-state index contributed by atoms with van der Waals surface area (Å²) in [5, 5.41) is 2.79. The van der Waals surface area contributed by atoms with Gasteiger partial charge in [-0.05, 0) is 6.92 Å². The van der Waals surface area contributed by atoms with Gasteiger partial charge in [-0.2, -0.15) is 0 Å². The Morgan fingerprint density at radius 3 is 2.72 bits per heavy atom. The van der Waals surface area contributed by atoms with Gasteiger partial charge in [-0.25, -0.2) is 23.2 Å². The van der Waals surface area contributed by atoms with E-state index in [4.69, 9.17) is 0 Å². The summed E-state index contributed by atoms with van der Waals surface area (Å²) in [6.45, 7) is 1.84. The smallest absolute Gasteiger partial charge is 0.343 e. The largest absolute Gasteiger partial charge is 0.465 e. The Kier molecular flexibility index (Phi) is 4.60. The van der Waals surface area contributed by atoms with Crippen LogP contribution in [0.25, 0.3) is 0 Å². The van der Waals surface area contributed by atoms with E-state index in [-0.39, 0.29) is 23.7 Å². The van der Waals surface area contributed by atoms with E-state index in [2.05, 4.69) is 20.0 Å². The molecule has 0 saturated heterocycles. The molecular weight excluding hydrogens is 258 g/mol. The fourth-order valence-corrected chi connectivity index (χ4v) is 1.69. The molecule has 0 aromatic carbocycles. The molecule has 1 N–H and O–H groups in total. The summed E-state index contributed by atoms with van der Waals surface area (Å²) in [7, 11) is -1.81. The highest BCUT2D eigenvalue weighted by atomic mass is 32.2.